The molecule has 0 aliphatic carbocycles. The van der Waals surface area contributed by atoms with E-state index in [9.17, 15) is 15.2 Å². The van der Waals surface area contributed by atoms with Crippen molar-refractivity contribution >= 4 is 18.1 Å². The number of aromatic hydroxyl groups is 1. The fourth-order valence-corrected chi connectivity index (χ4v) is 1.47. The first-order valence-corrected chi connectivity index (χ1v) is 4.90. The molecule has 1 atom stereocenters. The Bertz CT molecular complexity index is 387. The molecule has 17 heavy (non-hydrogen) atoms. The van der Waals surface area contributed by atoms with Gasteiger partial charge in [0.05, 0.1) is 10.5 Å². The highest BCUT2D eigenvalue weighted by Crippen LogP contribution is 2.29. The van der Waals surface area contributed by atoms with Gasteiger partial charge in [-0.1, -0.05) is 0 Å². The number of nitrogens with two attached hydrogens (primary N) is 1. The highest BCUT2D eigenvalue weighted by molar-refractivity contribution is 5.85. The molecule has 0 saturated heterocycles. The number of aliphatic hydroxyl groups excluding tert-OH is 1. The van der Waals surface area contributed by atoms with Gasteiger partial charge in [-0.15, -0.1) is 12.4 Å². The molecule has 0 saturated carbocycles. The zero-order valence-corrected chi connectivity index (χ0v) is 9.89. The standard InChI is InChI=1S/C10H14N2O4.ClH/c11-9(2-1-5-13)8-6-7(14)3-4-10(8)12(15)16;/h3-4,6,9,13-14H,1-2,5,11H2;1H/t9-;/m0./s1. The summed E-state index contributed by atoms with van der Waals surface area (Å²) >= 11 is 0. The number of phenolic OH excluding ortho intramolecular Hbond substituents is 1. The molecule has 6 nitrogen and oxygen atoms in total. The highest BCUT2D eigenvalue weighted by Gasteiger charge is 2.19. The molecule has 4 N–H and O–H groups in total. The predicted octanol–water partition coefficient (Wildman–Crippen LogP) is 1.49. The summed E-state index contributed by atoms with van der Waals surface area (Å²) in [6.45, 7) is -0.0136. The minimum atomic E-state index is -0.556. The Hall–Kier alpha value is -1.37. The number of nitrogens with zero attached hydrogens (tertiary/aromatic N) is 1. The Morgan fingerprint density at radius 1 is 1.47 bits per heavy atom. The van der Waals surface area contributed by atoms with Crippen molar-refractivity contribution in [2.75, 3.05) is 6.61 Å². The van der Waals surface area contributed by atoms with E-state index in [2.05, 4.69) is 0 Å². The monoisotopic (exact) mass is 262 g/mol. The average molecular weight is 263 g/mol. The summed E-state index contributed by atoms with van der Waals surface area (Å²) < 4.78 is 0. The number of nitro groups is 1. The van der Waals surface area contributed by atoms with E-state index in [0.717, 1.165) is 0 Å². The lowest BCUT2D eigenvalue weighted by Crippen LogP contribution is -2.12. The lowest BCUT2D eigenvalue weighted by molar-refractivity contribution is -0.385. The summed E-state index contributed by atoms with van der Waals surface area (Å²) in [6, 6.07) is 3.21. The van der Waals surface area contributed by atoms with Crippen LogP contribution in [0.15, 0.2) is 18.2 Å². The molecule has 1 aromatic carbocycles. The Morgan fingerprint density at radius 3 is 2.65 bits per heavy atom. The van der Waals surface area contributed by atoms with Gasteiger partial charge in [0.2, 0.25) is 0 Å². The van der Waals surface area contributed by atoms with Crippen LogP contribution in [-0.2, 0) is 0 Å². The van der Waals surface area contributed by atoms with E-state index in [0.29, 0.717) is 18.4 Å². The lowest BCUT2D eigenvalue weighted by atomic mass is 10.0. The summed E-state index contributed by atoms with van der Waals surface area (Å²) in [6.07, 6.45) is 0.898. The molecule has 0 amide bonds. The Kier molecular flexibility index (Phi) is 6.48. The summed E-state index contributed by atoms with van der Waals surface area (Å²) in [4.78, 5) is 10.2. The molecular weight excluding hydrogens is 248 g/mol. The Labute approximate surface area is 105 Å². The van der Waals surface area contributed by atoms with Crippen molar-refractivity contribution in [2.45, 2.75) is 18.9 Å². The molecule has 0 fully saturated rings. The molecular formula is C10H15ClN2O4. The van der Waals surface area contributed by atoms with Crippen molar-refractivity contribution in [3.05, 3.63) is 33.9 Å². The van der Waals surface area contributed by atoms with Gasteiger partial charge in [-0.3, -0.25) is 10.1 Å². The first-order valence-electron chi connectivity index (χ1n) is 4.90. The normalized spacial score (nSPS) is 11.6. The van der Waals surface area contributed by atoms with E-state index < -0.39 is 11.0 Å². The number of aliphatic hydroxyl groups is 1. The average Bonchev–Trinajstić information content (AvgIpc) is 2.25. The fraction of sp³-hybridized carbons (Fsp3) is 0.400. The van der Waals surface area contributed by atoms with Crippen LogP contribution in [-0.4, -0.2) is 21.7 Å². The molecule has 0 spiro atoms. The molecule has 1 aromatic rings. The van der Waals surface area contributed by atoms with Gasteiger partial charge in [0.1, 0.15) is 5.75 Å². The van der Waals surface area contributed by atoms with Crippen molar-refractivity contribution in [3.8, 4) is 5.75 Å². The third kappa shape index (κ3) is 4.18. The van der Waals surface area contributed by atoms with Crippen LogP contribution >= 0.6 is 12.4 Å². The maximum Gasteiger partial charge on any atom is 0.274 e. The predicted molar refractivity (Wildman–Crippen MR) is 65.3 cm³/mol. The minimum Gasteiger partial charge on any atom is -0.508 e. The number of phenols is 1. The number of hydrogen-bond acceptors (Lipinski definition) is 5. The van der Waals surface area contributed by atoms with Crippen LogP contribution in [0.5, 0.6) is 5.75 Å². The first kappa shape index (κ1) is 15.6. The SMILES string of the molecule is Cl.N[C@@H](CCCO)c1cc(O)ccc1[N+](=O)[O-]. The van der Waals surface area contributed by atoms with Gasteiger partial charge in [-0.2, -0.15) is 0 Å². The number of rotatable bonds is 5. The molecule has 0 radical (unpaired) electrons. The van der Waals surface area contributed by atoms with Crippen molar-refractivity contribution in [1.29, 1.82) is 0 Å². The maximum atomic E-state index is 10.7. The smallest absolute Gasteiger partial charge is 0.274 e. The van der Waals surface area contributed by atoms with E-state index >= 15 is 0 Å². The van der Waals surface area contributed by atoms with E-state index in [4.69, 9.17) is 10.8 Å². The summed E-state index contributed by atoms with van der Waals surface area (Å²) in [7, 11) is 0. The molecule has 0 heterocycles. The zero-order valence-electron chi connectivity index (χ0n) is 9.07. The van der Waals surface area contributed by atoms with E-state index in [1.54, 1.807) is 0 Å². The summed E-state index contributed by atoms with van der Waals surface area (Å²) in [5.74, 6) is -0.0555. The van der Waals surface area contributed by atoms with Crippen LogP contribution in [0.4, 0.5) is 5.69 Å². The first-order chi connectivity index (χ1) is 7.56. The fourth-order valence-electron chi connectivity index (χ4n) is 1.47. The Morgan fingerprint density at radius 2 is 2.12 bits per heavy atom. The third-order valence-electron chi connectivity index (χ3n) is 2.28. The molecule has 96 valence electrons. The molecule has 0 bridgehead atoms. The molecule has 0 aliphatic heterocycles. The number of nitro benzene ring substituents is 1. The molecule has 0 unspecified atom stereocenters. The summed E-state index contributed by atoms with van der Waals surface area (Å²) in [5, 5.41) is 28.7. The second-order valence-corrected chi connectivity index (χ2v) is 3.47. The van der Waals surface area contributed by atoms with Crippen molar-refractivity contribution in [2.24, 2.45) is 5.73 Å². The van der Waals surface area contributed by atoms with Crippen molar-refractivity contribution < 1.29 is 15.1 Å². The van der Waals surface area contributed by atoms with E-state index in [1.807, 2.05) is 0 Å². The topological polar surface area (TPSA) is 110 Å². The van der Waals surface area contributed by atoms with Gasteiger partial charge in [0.25, 0.3) is 5.69 Å². The van der Waals surface area contributed by atoms with Gasteiger partial charge in [0, 0.05) is 18.7 Å². The van der Waals surface area contributed by atoms with Crippen LogP contribution in [0.1, 0.15) is 24.4 Å². The zero-order chi connectivity index (χ0) is 12.1. The van der Waals surface area contributed by atoms with Crippen molar-refractivity contribution in [1.82, 2.24) is 0 Å². The number of halogens is 1. The van der Waals surface area contributed by atoms with Gasteiger partial charge < -0.3 is 15.9 Å². The third-order valence-corrected chi connectivity index (χ3v) is 2.28. The van der Waals surface area contributed by atoms with Crippen LogP contribution < -0.4 is 5.73 Å². The van der Waals surface area contributed by atoms with E-state index in [1.165, 1.54) is 18.2 Å². The molecule has 1 rings (SSSR count). The molecule has 0 aliphatic rings. The maximum absolute atomic E-state index is 10.7. The quantitative estimate of drug-likeness (QED) is 0.550. The highest BCUT2D eigenvalue weighted by atomic mass is 35.5. The number of benzene rings is 1. The van der Waals surface area contributed by atoms with E-state index in [-0.39, 0.29) is 30.5 Å². The van der Waals surface area contributed by atoms with Gasteiger partial charge in [0.15, 0.2) is 0 Å². The largest absolute Gasteiger partial charge is 0.508 e. The van der Waals surface area contributed by atoms with Gasteiger partial charge in [-0.05, 0) is 25.0 Å². The summed E-state index contributed by atoms with van der Waals surface area (Å²) in [5.41, 5.74) is 5.94. The van der Waals surface area contributed by atoms with Crippen LogP contribution in [0.3, 0.4) is 0 Å². The molecule has 7 heteroatoms. The van der Waals surface area contributed by atoms with Gasteiger partial charge in [-0.25, -0.2) is 0 Å². The lowest BCUT2D eigenvalue weighted by Gasteiger charge is -2.11. The Balaban J connectivity index is 0.00000256. The van der Waals surface area contributed by atoms with Crippen LogP contribution in [0, 0.1) is 10.1 Å². The van der Waals surface area contributed by atoms with Crippen LogP contribution in [0.2, 0.25) is 0 Å². The van der Waals surface area contributed by atoms with Crippen LogP contribution in [0.25, 0.3) is 0 Å². The van der Waals surface area contributed by atoms with Gasteiger partial charge >= 0.3 is 0 Å². The second kappa shape index (κ2) is 7.05. The minimum absolute atomic E-state index is 0. The second-order valence-electron chi connectivity index (χ2n) is 3.47. The molecule has 0 aromatic heterocycles. The number of hydrogen-bond donors (Lipinski definition) is 3. The van der Waals surface area contributed by atoms with Crippen molar-refractivity contribution in [3.63, 3.8) is 0 Å².